The largest absolute Gasteiger partial charge is 0.573 e. The number of anilines is 2. The molecular weight excluding hydrogens is 456 g/mol. The lowest BCUT2D eigenvalue weighted by Gasteiger charge is -2.23. The maximum Gasteiger partial charge on any atom is 0.573 e. The Balaban J connectivity index is 2.10. The van der Waals surface area contributed by atoms with Gasteiger partial charge in [-0.3, -0.25) is 0 Å². The molecule has 0 N–H and O–H groups in total. The monoisotopic (exact) mass is 467 g/mol. The number of aryl methyl sites for hydroxylation is 1. The Kier molecular flexibility index (Phi) is 5.43. The number of alkyl halides is 6. The van der Waals surface area contributed by atoms with E-state index >= 15 is 0 Å². The number of rotatable bonds is 4. The molecule has 166 valence electrons. The van der Waals surface area contributed by atoms with Crippen molar-refractivity contribution in [1.29, 1.82) is 5.26 Å². The molecule has 14 heteroatoms. The van der Waals surface area contributed by atoms with E-state index < -0.39 is 33.5 Å². The predicted molar refractivity (Wildman–Crippen MR) is 93.1 cm³/mol. The molecule has 2 aromatic rings. The van der Waals surface area contributed by atoms with E-state index in [-0.39, 0.29) is 41.3 Å². The fraction of sp³-hybridized carbons (Fsp3) is 0.294. The predicted octanol–water partition coefficient (Wildman–Crippen LogP) is 4.08. The molecule has 0 aliphatic carbocycles. The summed E-state index contributed by atoms with van der Waals surface area (Å²) >= 11 is 0. The molecule has 0 unspecified atom stereocenters. The van der Waals surface area contributed by atoms with E-state index in [1.165, 1.54) is 17.9 Å². The third kappa shape index (κ3) is 4.61. The molecule has 0 amide bonds. The average molecular weight is 467 g/mol. The van der Waals surface area contributed by atoms with Crippen LogP contribution in [0.3, 0.4) is 0 Å². The van der Waals surface area contributed by atoms with Gasteiger partial charge in [0.05, 0.1) is 17.3 Å². The SMILES string of the molecule is Cc1cc(OS(=O)(=O)C(F)(F)F)c2c(n1)N(c1ccc(C#N)cc1OC(F)(F)F)CC2. The van der Waals surface area contributed by atoms with Gasteiger partial charge in [0.2, 0.25) is 0 Å². The summed E-state index contributed by atoms with van der Waals surface area (Å²) < 4.78 is 108. The van der Waals surface area contributed by atoms with Crippen molar-refractivity contribution in [1.82, 2.24) is 4.98 Å². The molecule has 7 nitrogen and oxygen atoms in total. The van der Waals surface area contributed by atoms with Gasteiger partial charge in [-0.1, -0.05) is 0 Å². The lowest BCUT2D eigenvalue weighted by Crippen LogP contribution is -2.28. The van der Waals surface area contributed by atoms with Crippen LogP contribution in [0, 0.1) is 18.3 Å². The summed E-state index contributed by atoms with van der Waals surface area (Å²) in [6, 6.07) is 5.89. The Labute approximate surface area is 171 Å². The minimum atomic E-state index is -5.97. The Morgan fingerprint density at radius 1 is 1.13 bits per heavy atom. The smallest absolute Gasteiger partial charge is 0.404 e. The number of aromatic nitrogens is 1. The zero-order valence-electron chi connectivity index (χ0n) is 15.4. The van der Waals surface area contributed by atoms with E-state index in [1.54, 1.807) is 6.07 Å². The van der Waals surface area contributed by atoms with Crippen molar-refractivity contribution in [3.63, 3.8) is 0 Å². The Morgan fingerprint density at radius 2 is 1.81 bits per heavy atom. The number of ether oxygens (including phenoxy) is 1. The minimum absolute atomic E-state index is 0.0410. The van der Waals surface area contributed by atoms with Gasteiger partial charge >= 0.3 is 22.0 Å². The molecule has 0 saturated heterocycles. The molecule has 0 bridgehead atoms. The number of nitrogens with zero attached hydrogens (tertiary/aromatic N) is 3. The lowest BCUT2D eigenvalue weighted by molar-refractivity contribution is -0.274. The Bertz CT molecular complexity index is 1170. The number of fused-ring (bicyclic) bond motifs is 1. The van der Waals surface area contributed by atoms with Crippen molar-refractivity contribution in [2.75, 3.05) is 11.4 Å². The summed E-state index contributed by atoms with van der Waals surface area (Å²) in [4.78, 5) is 5.32. The number of nitriles is 1. The van der Waals surface area contributed by atoms with E-state index in [0.717, 1.165) is 18.2 Å². The van der Waals surface area contributed by atoms with Gasteiger partial charge in [-0.25, -0.2) is 4.98 Å². The molecule has 0 saturated carbocycles. The Hall–Kier alpha value is -3.21. The quantitative estimate of drug-likeness (QED) is 0.380. The summed E-state index contributed by atoms with van der Waals surface area (Å²) in [5, 5.41) is 8.94. The molecule has 2 heterocycles. The third-order valence-electron chi connectivity index (χ3n) is 4.12. The number of benzene rings is 1. The van der Waals surface area contributed by atoms with Gasteiger partial charge in [0.15, 0.2) is 11.5 Å². The van der Waals surface area contributed by atoms with Crippen LogP contribution in [0.5, 0.6) is 11.5 Å². The Morgan fingerprint density at radius 3 is 2.39 bits per heavy atom. The highest BCUT2D eigenvalue weighted by atomic mass is 32.2. The summed E-state index contributed by atoms with van der Waals surface area (Å²) in [5.41, 5.74) is -5.95. The van der Waals surface area contributed by atoms with Crippen molar-refractivity contribution >= 4 is 21.6 Å². The number of halogens is 6. The number of hydrogen-bond donors (Lipinski definition) is 0. The maximum atomic E-state index is 12.8. The van der Waals surface area contributed by atoms with Crippen LogP contribution in [0.2, 0.25) is 0 Å². The first-order chi connectivity index (χ1) is 14.2. The van der Waals surface area contributed by atoms with E-state index in [9.17, 15) is 34.8 Å². The highest BCUT2D eigenvalue weighted by Crippen LogP contribution is 2.44. The first-order valence-electron chi connectivity index (χ1n) is 8.30. The molecule has 0 spiro atoms. The molecule has 1 aromatic carbocycles. The van der Waals surface area contributed by atoms with Crippen molar-refractivity contribution in [3.05, 3.63) is 41.1 Å². The van der Waals surface area contributed by atoms with Gasteiger partial charge < -0.3 is 13.8 Å². The molecule has 1 aliphatic heterocycles. The standard InChI is InChI=1S/C17H11F6N3O4S/c1-9-6-13(30-31(27,28)17(21,22)23)11-4-5-26(15(11)25-9)12-3-2-10(8-24)7-14(12)29-16(18,19)20/h2-3,6-7H,4-5H2,1H3. The normalized spacial score (nSPS) is 14.2. The fourth-order valence-electron chi connectivity index (χ4n) is 2.93. The fourth-order valence-corrected chi connectivity index (χ4v) is 3.41. The molecule has 1 aliphatic rings. The highest BCUT2D eigenvalue weighted by molar-refractivity contribution is 7.88. The topological polar surface area (TPSA) is 92.5 Å². The zero-order valence-corrected chi connectivity index (χ0v) is 16.2. The summed E-state index contributed by atoms with van der Waals surface area (Å²) in [5.74, 6) is -1.45. The molecule has 0 atom stereocenters. The molecule has 31 heavy (non-hydrogen) atoms. The van der Waals surface area contributed by atoms with Gasteiger partial charge in [-0.2, -0.15) is 26.9 Å². The minimum Gasteiger partial charge on any atom is -0.404 e. The van der Waals surface area contributed by atoms with E-state index in [0.29, 0.717) is 0 Å². The molecular formula is C17H11F6N3O4S. The van der Waals surface area contributed by atoms with Gasteiger partial charge in [0.25, 0.3) is 0 Å². The van der Waals surface area contributed by atoms with Gasteiger partial charge in [0, 0.05) is 29.9 Å². The van der Waals surface area contributed by atoms with Crippen LogP contribution in [0.15, 0.2) is 24.3 Å². The van der Waals surface area contributed by atoms with Crippen LogP contribution in [0.4, 0.5) is 37.8 Å². The van der Waals surface area contributed by atoms with E-state index in [1.807, 2.05) is 0 Å². The molecule has 0 fully saturated rings. The van der Waals surface area contributed by atoms with Crippen molar-refractivity contribution in [2.45, 2.75) is 25.2 Å². The van der Waals surface area contributed by atoms with Crippen molar-refractivity contribution < 1.29 is 43.7 Å². The van der Waals surface area contributed by atoms with Crippen LogP contribution in [0.1, 0.15) is 16.8 Å². The lowest BCUT2D eigenvalue weighted by atomic mass is 10.2. The van der Waals surface area contributed by atoms with Gasteiger partial charge in [0.1, 0.15) is 5.82 Å². The van der Waals surface area contributed by atoms with Crippen molar-refractivity contribution in [2.24, 2.45) is 0 Å². The third-order valence-corrected chi connectivity index (χ3v) is 5.08. The van der Waals surface area contributed by atoms with Crippen LogP contribution < -0.4 is 13.8 Å². The van der Waals surface area contributed by atoms with E-state index in [4.69, 9.17) is 5.26 Å². The second-order valence-corrected chi connectivity index (χ2v) is 7.83. The van der Waals surface area contributed by atoms with Crippen LogP contribution in [-0.4, -0.2) is 31.8 Å². The van der Waals surface area contributed by atoms with Crippen LogP contribution >= 0.6 is 0 Å². The van der Waals surface area contributed by atoms with Gasteiger partial charge in [-0.05, 0) is 25.5 Å². The zero-order chi connectivity index (χ0) is 23.2. The second kappa shape index (κ2) is 7.49. The van der Waals surface area contributed by atoms with Crippen molar-refractivity contribution in [3.8, 4) is 17.6 Å². The highest BCUT2D eigenvalue weighted by Gasteiger charge is 2.49. The number of hydrogen-bond acceptors (Lipinski definition) is 7. The molecule has 0 radical (unpaired) electrons. The first kappa shape index (κ1) is 22.5. The van der Waals surface area contributed by atoms with Gasteiger partial charge in [-0.15, -0.1) is 13.2 Å². The second-order valence-electron chi connectivity index (χ2n) is 6.29. The first-order valence-corrected chi connectivity index (χ1v) is 9.71. The number of pyridine rings is 1. The molecule has 3 rings (SSSR count). The summed E-state index contributed by atoms with van der Waals surface area (Å²) in [6.45, 7) is 1.28. The maximum absolute atomic E-state index is 12.8. The van der Waals surface area contributed by atoms with Crippen LogP contribution in [-0.2, 0) is 16.5 Å². The summed E-state index contributed by atoms with van der Waals surface area (Å²) in [7, 11) is -5.97. The average Bonchev–Trinajstić information content (AvgIpc) is 3.02. The molecule has 1 aromatic heterocycles. The van der Waals surface area contributed by atoms with E-state index in [2.05, 4.69) is 13.9 Å². The van der Waals surface area contributed by atoms with Crippen LogP contribution in [0.25, 0.3) is 0 Å². The summed E-state index contributed by atoms with van der Waals surface area (Å²) in [6.07, 6.45) is -5.16.